The van der Waals surface area contributed by atoms with Crippen LogP contribution in [0.1, 0.15) is 83.7 Å². The van der Waals surface area contributed by atoms with Gasteiger partial charge in [0.25, 0.3) is 0 Å². The number of hydrogen-bond donors (Lipinski definition) is 1. The first-order valence-corrected chi connectivity index (χ1v) is 11.8. The molecule has 158 valence electrons. The molecule has 4 aliphatic carbocycles. The third-order valence-corrected chi connectivity index (χ3v) is 9.15. The SMILES string of the molecule is CCCCn1cc(C2(O)CCC3C4CCC5=CC(=O)CCC5C4CCC32C)nn1. The Morgan fingerprint density at radius 1 is 1.17 bits per heavy atom. The van der Waals surface area contributed by atoms with Gasteiger partial charge in [-0.3, -0.25) is 9.48 Å². The number of fused-ring (bicyclic) bond motifs is 5. The van der Waals surface area contributed by atoms with Crippen molar-refractivity contribution < 1.29 is 9.90 Å². The van der Waals surface area contributed by atoms with Gasteiger partial charge in [0, 0.05) is 18.4 Å². The van der Waals surface area contributed by atoms with Gasteiger partial charge in [-0.05, 0) is 81.1 Å². The fourth-order valence-corrected chi connectivity index (χ4v) is 7.53. The molecule has 1 N–H and O–H groups in total. The van der Waals surface area contributed by atoms with Crippen LogP contribution in [-0.4, -0.2) is 25.9 Å². The normalized spacial score (nSPS) is 41.5. The van der Waals surface area contributed by atoms with E-state index < -0.39 is 5.60 Å². The zero-order valence-electron chi connectivity index (χ0n) is 17.9. The van der Waals surface area contributed by atoms with Crippen molar-refractivity contribution in [2.45, 2.75) is 90.2 Å². The van der Waals surface area contributed by atoms with Crippen LogP contribution in [0.4, 0.5) is 0 Å². The Labute approximate surface area is 173 Å². The van der Waals surface area contributed by atoms with Crippen LogP contribution >= 0.6 is 0 Å². The van der Waals surface area contributed by atoms with Crippen LogP contribution in [0.5, 0.6) is 0 Å². The third kappa shape index (κ3) is 2.87. The molecule has 29 heavy (non-hydrogen) atoms. The molecule has 1 heterocycles. The average molecular weight is 398 g/mol. The molecule has 5 heteroatoms. The van der Waals surface area contributed by atoms with E-state index in [4.69, 9.17) is 0 Å². The minimum Gasteiger partial charge on any atom is -0.383 e. The lowest BCUT2D eigenvalue weighted by Gasteiger charge is -2.55. The number of ketones is 1. The molecule has 0 amide bonds. The summed E-state index contributed by atoms with van der Waals surface area (Å²) < 4.78 is 1.91. The standard InChI is InChI=1S/C24H35N3O2/c1-3-4-13-27-15-22(25-26-27)24(29)12-10-21-20-7-5-16-14-17(28)6-8-18(16)19(20)9-11-23(21,24)2/h14-15,18-21,29H,3-13H2,1-2H3. The van der Waals surface area contributed by atoms with Gasteiger partial charge in [-0.1, -0.05) is 31.1 Å². The molecular weight excluding hydrogens is 362 g/mol. The molecular formula is C24H35N3O2. The second kappa shape index (κ2) is 7.04. The lowest BCUT2D eigenvalue weighted by Crippen LogP contribution is -2.51. The van der Waals surface area contributed by atoms with Gasteiger partial charge in [0.05, 0.1) is 6.20 Å². The smallest absolute Gasteiger partial charge is 0.155 e. The number of nitrogens with zero attached hydrogens (tertiary/aromatic N) is 3. The molecule has 6 atom stereocenters. The van der Waals surface area contributed by atoms with Crippen molar-refractivity contribution in [1.29, 1.82) is 0 Å². The molecule has 4 aliphatic rings. The van der Waals surface area contributed by atoms with Crippen LogP contribution in [0.25, 0.3) is 0 Å². The highest BCUT2D eigenvalue weighted by atomic mass is 16.3. The molecule has 1 aromatic heterocycles. The van der Waals surface area contributed by atoms with E-state index in [2.05, 4.69) is 24.2 Å². The molecule has 1 aromatic rings. The quantitative estimate of drug-likeness (QED) is 0.817. The Bertz CT molecular complexity index is 830. The summed E-state index contributed by atoms with van der Waals surface area (Å²) in [5.41, 5.74) is 1.24. The summed E-state index contributed by atoms with van der Waals surface area (Å²) in [5, 5.41) is 20.7. The maximum atomic E-state index is 11.9. The van der Waals surface area contributed by atoms with Crippen LogP contribution in [-0.2, 0) is 16.9 Å². The van der Waals surface area contributed by atoms with E-state index in [0.717, 1.165) is 63.6 Å². The van der Waals surface area contributed by atoms with E-state index in [0.29, 0.717) is 29.5 Å². The van der Waals surface area contributed by atoms with E-state index in [9.17, 15) is 9.90 Å². The van der Waals surface area contributed by atoms with Crippen molar-refractivity contribution in [3.05, 3.63) is 23.5 Å². The largest absolute Gasteiger partial charge is 0.383 e. The predicted molar refractivity (Wildman–Crippen MR) is 111 cm³/mol. The zero-order valence-corrected chi connectivity index (χ0v) is 17.9. The van der Waals surface area contributed by atoms with Gasteiger partial charge in [-0.2, -0.15) is 0 Å². The Hall–Kier alpha value is -1.49. The monoisotopic (exact) mass is 397 g/mol. The van der Waals surface area contributed by atoms with Crippen molar-refractivity contribution in [3.63, 3.8) is 0 Å². The summed E-state index contributed by atoms with van der Waals surface area (Å²) >= 11 is 0. The highest BCUT2D eigenvalue weighted by molar-refractivity contribution is 5.91. The van der Waals surface area contributed by atoms with Crippen molar-refractivity contribution in [2.24, 2.45) is 29.1 Å². The summed E-state index contributed by atoms with van der Waals surface area (Å²) in [6, 6.07) is 0. The average Bonchev–Trinajstić information content (AvgIpc) is 3.29. The van der Waals surface area contributed by atoms with Gasteiger partial charge in [-0.25, -0.2) is 0 Å². The maximum Gasteiger partial charge on any atom is 0.155 e. The first-order chi connectivity index (χ1) is 14.0. The number of unbranched alkanes of at least 4 members (excludes halogenated alkanes) is 1. The topological polar surface area (TPSA) is 68.0 Å². The first kappa shape index (κ1) is 19.5. The molecule has 3 saturated carbocycles. The number of rotatable bonds is 4. The molecule has 0 bridgehead atoms. The number of allylic oxidation sites excluding steroid dienone is 1. The number of hydrogen-bond acceptors (Lipinski definition) is 4. The Balaban J connectivity index is 1.41. The number of carbonyl (C=O) groups excluding carboxylic acids is 1. The van der Waals surface area contributed by atoms with Crippen LogP contribution in [0, 0.1) is 29.1 Å². The molecule has 3 fully saturated rings. The van der Waals surface area contributed by atoms with E-state index in [-0.39, 0.29) is 5.41 Å². The fourth-order valence-electron chi connectivity index (χ4n) is 7.53. The Morgan fingerprint density at radius 2 is 2.03 bits per heavy atom. The van der Waals surface area contributed by atoms with E-state index >= 15 is 0 Å². The Morgan fingerprint density at radius 3 is 2.86 bits per heavy atom. The molecule has 0 aromatic carbocycles. The van der Waals surface area contributed by atoms with Gasteiger partial charge in [-0.15, -0.1) is 5.10 Å². The van der Waals surface area contributed by atoms with Gasteiger partial charge < -0.3 is 5.11 Å². The predicted octanol–water partition coefficient (Wildman–Crippen LogP) is 4.41. The first-order valence-electron chi connectivity index (χ1n) is 11.8. The summed E-state index contributed by atoms with van der Waals surface area (Å²) in [6.07, 6.45) is 14.3. The molecule has 5 nitrogen and oxygen atoms in total. The molecule has 0 aliphatic heterocycles. The summed E-state index contributed by atoms with van der Waals surface area (Å²) in [7, 11) is 0. The van der Waals surface area contributed by atoms with E-state index in [1.54, 1.807) is 0 Å². The molecule has 0 saturated heterocycles. The van der Waals surface area contributed by atoms with Crippen LogP contribution < -0.4 is 0 Å². The second-order valence-electron chi connectivity index (χ2n) is 10.4. The van der Waals surface area contributed by atoms with Gasteiger partial charge in [0.15, 0.2) is 5.78 Å². The lowest BCUT2D eigenvalue weighted by molar-refractivity contribution is -0.126. The molecule has 5 rings (SSSR count). The number of carbonyl (C=O) groups is 1. The van der Waals surface area contributed by atoms with E-state index in [1.165, 1.54) is 18.4 Å². The minimum absolute atomic E-state index is 0.120. The Kier molecular flexibility index (Phi) is 4.73. The molecule has 6 unspecified atom stereocenters. The van der Waals surface area contributed by atoms with Gasteiger partial charge >= 0.3 is 0 Å². The van der Waals surface area contributed by atoms with Crippen molar-refractivity contribution in [3.8, 4) is 0 Å². The van der Waals surface area contributed by atoms with Gasteiger partial charge in [0.1, 0.15) is 11.3 Å². The van der Waals surface area contributed by atoms with Crippen LogP contribution in [0.3, 0.4) is 0 Å². The molecule has 0 radical (unpaired) electrons. The maximum absolute atomic E-state index is 11.9. The number of aromatic nitrogens is 3. The van der Waals surface area contributed by atoms with Crippen molar-refractivity contribution >= 4 is 5.78 Å². The fraction of sp³-hybridized carbons (Fsp3) is 0.792. The summed E-state index contributed by atoms with van der Waals surface area (Å²) in [4.78, 5) is 11.9. The van der Waals surface area contributed by atoms with Crippen molar-refractivity contribution in [1.82, 2.24) is 15.0 Å². The summed E-state index contributed by atoms with van der Waals surface area (Å²) in [5.74, 6) is 2.86. The van der Waals surface area contributed by atoms with E-state index in [1.807, 2.05) is 17.0 Å². The zero-order chi connectivity index (χ0) is 20.2. The second-order valence-corrected chi connectivity index (χ2v) is 10.4. The minimum atomic E-state index is -0.855. The van der Waals surface area contributed by atoms with Crippen LogP contribution in [0.15, 0.2) is 17.8 Å². The van der Waals surface area contributed by atoms with Crippen molar-refractivity contribution in [2.75, 3.05) is 0 Å². The number of aryl methyl sites for hydroxylation is 1. The van der Waals surface area contributed by atoms with Gasteiger partial charge in [0.2, 0.25) is 0 Å². The van der Waals surface area contributed by atoms with Crippen LogP contribution in [0.2, 0.25) is 0 Å². The highest BCUT2D eigenvalue weighted by Crippen LogP contribution is 2.67. The third-order valence-electron chi connectivity index (χ3n) is 9.15. The number of aliphatic hydroxyl groups is 1. The highest BCUT2D eigenvalue weighted by Gasteiger charge is 2.63. The lowest BCUT2D eigenvalue weighted by atomic mass is 9.50. The summed E-state index contributed by atoms with van der Waals surface area (Å²) in [6.45, 7) is 5.38. The molecule has 0 spiro atoms.